The summed E-state index contributed by atoms with van der Waals surface area (Å²) in [6.07, 6.45) is 1.55. The van der Waals surface area contributed by atoms with Crippen molar-refractivity contribution >= 4 is 17.7 Å². The Morgan fingerprint density at radius 1 is 1.27 bits per heavy atom. The molecule has 3 heterocycles. The van der Waals surface area contributed by atoms with Crippen molar-refractivity contribution in [1.82, 2.24) is 19.7 Å². The molecule has 26 heavy (non-hydrogen) atoms. The Hall–Kier alpha value is -3.01. The summed E-state index contributed by atoms with van der Waals surface area (Å²) in [4.78, 5) is 15.2. The summed E-state index contributed by atoms with van der Waals surface area (Å²) in [6.45, 7) is 1.82. The number of carboxylic acids is 1. The number of nitrogens with zero attached hydrogens (tertiary/aromatic N) is 4. The van der Waals surface area contributed by atoms with E-state index in [0.29, 0.717) is 33.9 Å². The monoisotopic (exact) mass is 376 g/mol. The molecule has 10 heteroatoms. The molecule has 136 valence electrons. The van der Waals surface area contributed by atoms with Crippen molar-refractivity contribution in [2.45, 2.75) is 12.1 Å². The number of furan rings is 1. The Balaban J connectivity index is 2.24. The minimum Gasteiger partial charge on any atom is -0.494 e. The first-order chi connectivity index (χ1) is 12.5. The standard InChI is InChI=1S/C16H16N4O5S/c1-9-4-5-11(25-9)14-18-19-16(26-8-12(21)22)20(14)13-10(23-2)6-7-17-15(13)24-3/h4-7H,8H2,1-3H3,(H,21,22). The van der Waals surface area contributed by atoms with E-state index in [9.17, 15) is 4.79 Å². The molecule has 3 rings (SSSR count). The Kier molecular flexibility index (Phi) is 5.12. The number of aliphatic carboxylic acids is 1. The molecular formula is C16H16N4O5S. The Bertz CT molecular complexity index is 914. The van der Waals surface area contributed by atoms with Gasteiger partial charge in [-0.2, -0.15) is 0 Å². The summed E-state index contributed by atoms with van der Waals surface area (Å²) >= 11 is 1.02. The average molecular weight is 376 g/mol. The molecule has 0 saturated carbocycles. The number of thioether (sulfide) groups is 1. The van der Waals surface area contributed by atoms with Crippen LogP contribution < -0.4 is 9.47 Å². The minimum atomic E-state index is -0.968. The van der Waals surface area contributed by atoms with Crippen LogP contribution in [0.4, 0.5) is 0 Å². The molecular weight excluding hydrogens is 360 g/mol. The van der Waals surface area contributed by atoms with Crippen LogP contribution >= 0.6 is 11.8 Å². The molecule has 0 aliphatic rings. The molecule has 0 atom stereocenters. The predicted molar refractivity (Wildman–Crippen MR) is 93.1 cm³/mol. The van der Waals surface area contributed by atoms with Crippen LogP contribution in [-0.4, -0.2) is 50.8 Å². The van der Waals surface area contributed by atoms with Crippen molar-refractivity contribution in [3.63, 3.8) is 0 Å². The summed E-state index contributed by atoms with van der Waals surface area (Å²) in [5.41, 5.74) is 0.458. The molecule has 0 aromatic carbocycles. The Morgan fingerprint density at radius 3 is 2.69 bits per heavy atom. The largest absolute Gasteiger partial charge is 0.494 e. The first-order valence-corrected chi connectivity index (χ1v) is 8.48. The average Bonchev–Trinajstić information content (AvgIpc) is 3.24. The number of aromatic nitrogens is 4. The second-order valence-corrected chi connectivity index (χ2v) is 6.05. The van der Waals surface area contributed by atoms with Crippen LogP contribution in [0.15, 0.2) is 34.0 Å². The van der Waals surface area contributed by atoms with Gasteiger partial charge in [-0.1, -0.05) is 11.8 Å². The molecule has 3 aromatic rings. The summed E-state index contributed by atoms with van der Waals surface area (Å²) in [7, 11) is 3.00. The molecule has 9 nitrogen and oxygen atoms in total. The number of carbonyl (C=O) groups is 1. The fraction of sp³-hybridized carbons (Fsp3) is 0.250. The van der Waals surface area contributed by atoms with E-state index in [1.54, 1.807) is 29.0 Å². The van der Waals surface area contributed by atoms with Crippen LogP contribution in [0.3, 0.4) is 0 Å². The van der Waals surface area contributed by atoms with Crippen LogP contribution in [0.1, 0.15) is 5.76 Å². The summed E-state index contributed by atoms with van der Waals surface area (Å²) in [6, 6.07) is 5.23. The maximum atomic E-state index is 11.0. The van der Waals surface area contributed by atoms with Gasteiger partial charge in [-0.25, -0.2) is 4.98 Å². The van der Waals surface area contributed by atoms with Gasteiger partial charge in [0.15, 0.2) is 16.6 Å². The smallest absolute Gasteiger partial charge is 0.313 e. The number of hydrogen-bond donors (Lipinski definition) is 1. The van der Waals surface area contributed by atoms with Gasteiger partial charge in [0.05, 0.1) is 20.0 Å². The predicted octanol–water partition coefficient (Wildman–Crippen LogP) is 2.42. The zero-order valence-electron chi connectivity index (χ0n) is 14.3. The van der Waals surface area contributed by atoms with Crippen molar-refractivity contribution in [2.24, 2.45) is 0 Å². The highest BCUT2D eigenvalue weighted by molar-refractivity contribution is 7.99. The molecule has 0 aliphatic heterocycles. The Labute approximate surface area is 153 Å². The van der Waals surface area contributed by atoms with Crippen molar-refractivity contribution in [1.29, 1.82) is 0 Å². The van der Waals surface area contributed by atoms with Crippen molar-refractivity contribution < 1.29 is 23.8 Å². The summed E-state index contributed by atoms with van der Waals surface area (Å²) in [5.74, 6) is 1.18. The van der Waals surface area contributed by atoms with Crippen LogP contribution in [-0.2, 0) is 4.79 Å². The number of rotatable bonds is 7. The Morgan fingerprint density at radius 2 is 2.08 bits per heavy atom. The number of ether oxygens (including phenoxy) is 2. The number of pyridine rings is 1. The van der Waals surface area contributed by atoms with Gasteiger partial charge in [-0.3, -0.25) is 9.36 Å². The van der Waals surface area contributed by atoms with E-state index in [0.717, 1.165) is 11.8 Å². The molecule has 0 spiro atoms. The van der Waals surface area contributed by atoms with E-state index in [-0.39, 0.29) is 11.6 Å². The lowest BCUT2D eigenvalue weighted by Gasteiger charge is -2.15. The summed E-state index contributed by atoms with van der Waals surface area (Å²) < 4.78 is 18.1. The minimum absolute atomic E-state index is 0.180. The van der Waals surface area contributed by atoms with E-state index in [2.05, 4.69) is 15.2 Å². The molecule has 0 bridgehead atoms. The van der Waals surface area contributed by atoms with E-state index < -0.39 is 5.97 Å². The highest BCUT2D eigenvalue weighted by Gasteiger charge is 2.25. The third-order valence-corrected chi connectivity index (χ3v) is 4.32. The fourth-order valence-electron chi connectivity index (χ4n) is 2.34. The molecule has 1 N–H and O–H groups in total. The molecule has 0 saturated heterocycles. The van der Waals surface area contributed by atoms with Crippen molar-refractivity contribution in [2.75, 3.05) is 20.0 Å². The second kappa shape index (κ2) is 7.48. The van der Waals surface area contributed by atoms with Crippen LogP contribution in [0, 0.1) is 6.92 Å². The number of hydrogen-bond acceptors (Lipinski definition) is 8. The number of aryl methyl sites for hydroxylation is 1. The van der Waals surface area contributed by atoms with Gasteiger partial charge in [0.2, 0.25) is 11.7 Å². The number of carboxylic acid groups (broad SMARTS) is 1. The van der Waals surface area contributed by atoms with Gasteiger partial charge in [0.1, 0.15) is 11.5 Å². The van der Waals surface area contributed by atoms with Crippen LogP contribution in [0.25, 0.3) is 17.3 Å². The van der Waals surface area contributed by atoms with E-state index in [1.165, 1.54) is 14.2 Å². The van der Waals surface area contributed by atoms with E-state index >= 15 is 0 Å². The second-order valence-electron chi connectivity index (χ2n) is 5.11. The zero-order chi connectivity index (χ0) is 18.7. The molecule has 0 radical (unpaired) electrons. The van der Waals surface area contributed by atoms with Crippen molar-refractivity contribution in [3.05, 3.63) is 30.2 Å². The van der Waals surface area contributed by atoms with E-state index in [1.807, 2.05) is 6.92 Å². The maximum Gasteiger partial charge on any atom is 0.313 e. The van der Waals surface area contributed by atoms with Gasteiger partial charge >= 0.3 is 5.97 Å². The topological polar surface area (TPSA) is 112 Å². The van der Waals surface area contributed by atoms with Gasteiger partial charge < -0.3 is 19.0 Å². The lowest BCUT2D eigenvalue weighted by Crippen LogP contribution is -2.07. The van der Waals surface area contributed by atoms with Gasteiger partial charge in [0, 0.05) is 12.3 Å². The van der Waals surface area contributed by atoms with Gasteiger partial charge in [-0.15, -0.1) is 10.2 Å². The number of methoxy groups -OCH3 is 2. The molecule has 0 amide bonds. The van der Waals surface area contributed by atoms with Gasteiger partial charge in [-0.05, 0) is 19.1 Å². The lowest BCUT2D eigenvalue weighted by atomic mass is 10.3. The van der Waals surface area contributed by atoms with Crippen LogP contribution in [0.5, 0.6) is 11.6 Å². The molecule has 0 fully saturated rings. The third kappa shape index (κ3) is 3.36. The fourth-order valence-corrected chi connectivity index (χ4v) is 3.00. The van der Waals surface area contributed by atoms with Crippen LogP contribution in [0.2, 0.25) is 0 Å². The first-order valence-electron chi connectivity index (χ1n) is 7.49. The maximum absolute atomic E-state index is 11.0. The highest BCUT2D eigenvalue weighted by atomic mass is 32.2. The third-order valence-electron chi connectivity index (χ3n) is 3.41. The normalized spacial score (nSPS) is 10.7. The quantitative estimate of drug-likeness (QED) is 0.621. The first kappa shape index (κ1) is 17.8. The van der Waals surface area contributed by atoms with E-state index in [4.69, 9.17) is 19.0 Å². The van der Waals surface area contributed by atoms with Gasteiger partial charge in [0.25, 0.3) is 0 Å². The zero-order valence-corrected chi connectivity index (χ0v) is 15.1. The molecule has 3 aromatic heterocycles. The van der Waals surface area contributed by atoms with Crippen molar-refractivity contribution in [3.8, 4) is 28.9 Å². The lowest BCUT2D eigenvalue weighted by molar-refractivity contribution is -0.133. The highest BCUT2D eigenvalue weighted by Crippen LogP contribution is 2.37. The molecule has 0 unspecified atom stereocenters. The molecule has 0 aliphatic carbocycles. The SMILES string of the molecule is COc1ccnc(OC)c1-n1c(SCC(=O)O)nnc1-c1ccc(C)o1. The summed E-state index contributed by atoms with van der Waals surface area (Å²) in [5, 5.41) is 17.6.